The summed E-state index contributed by atoms with van der Waals surface area (Å²) < 4.78 is 7.76. The van der Waals surface area contributed by atoms with E-state index in [2.05, 4.69) is 27.1 Å². The van der Waals surface area contributed by atoms with Crippen molar-refractivity contribution in [2.45, 2.75) is 0 Å². The third-order valence-corrected chi connectivity index (χ3v) is 3.09. The second-order valence-corrected chi connectivity index (χ2v) is 4.31. The highest BCUT2D eigenvalue weighted by Gasteiger charge is 2.15. The van der Waals surface area contributed by atoms with Gasteiger partial charge < -0.3 is 4.74 Å². The van der Waals surface area contributed by atoms with E-state index in [1.165, 1.54) is 0 Å². The van der Waals surface area contributed by atoms with Crippen LogP contribution in [0.5, 0.6) is 5.75 Å². The third-order valence-electron chi connectivity index (χ3n) is 2.51. The Morgan fingerprint density at radius 2 is 2.24 bits per heavy atom. The maximum atomic E-state index is 9.24. The molecule has 0 fully saturated rings. The highest BCUT2D eigenvalue weighted by molar-refractivity contribution is 9.10. The highest BCUT2D eigenvalue weighted by Crippen LogP contribution is 2.33. The Morgan fingerprint density at radius 1 is 1.47 bits per heavy atom. The molecule has 0 spiro atoms. The number of hydrogen-bond donors (Lipinski definition) is 0. The van der Waals surface area contributed by atoms with E-state index >= 15 is 0 Å². The summed E-state index contributed by atoms with van der Waals surface area (Å²) in [6.45, 7) is 0. The molecule has 5 heteroatoms. The summed E-state index contributed by atoms with van der Waals surface area (Å²) in [7, 11) is 3.39. The van der Waals surface area contributed by atoms with Gasteiger partial charge in [-0.15, -0.1) is 0 Å². The molecule has 0 aliphatic rings. The molecular formula is C12H10BrN3O. The lowest BCUT2D eigenvalue weighted by molar-refractivity contribution is 0.413. The van der Waals surface area contributed by atoms with Gasteiger partial charge >= 0.3 is 0 Å². The molecule has 0 saturated heterocycles. The Balaban J connectivity index is 2.73. The number of rotatable bonds is 2. The van der Waals surface area contributed by atoms with Crippen LogP contribution in [0.15, 0.2) is 28.9 Å². The van der Waals surface area contributed by atoms with Gasteiger partial charge in [0.25, 0.3) is 0 Å². The molecule has 2 aromatic rings. The second-order valence-electron chi connectivity index (χ2n) is 3.46. The second kappa shape index (κ2) is 4.60. The van der Waals surface area contributed by atoms with Crippen molar-refractivity contribution in [1.29, 1.82) is 5.26 Å². The van der Waals surface area contributed by atoms with Gasteiger partial charge in [-0.3, -0.25) is 4.68 Å². The molecule has 0 aliphatic heterocycles. The van der Waals surface area contributed by atoms with Gasteiger partial charge in [-0.25, -0.2) is 0 Å². The van der Waals surface area contributed by atoms with Crippen LogP contribution in [-0.2, 0) is 7.05 Å². The number of hydrogen-bond acceptors (Lipinski definition) is 3. The fraction of sp³-hybridized carbons (Fsp3) is 0.167. The van der Waals surface area contributed by atoms with Crippen LogP contribution in [0.4, 0.5) is 0 Å². The van der Waals surface area contributed by atoms with Crippen LogP contribution in [0.25, 0.3) is 11.3 Å². The van der Waals surface area contributed by atoms with Crippen LogP contribution in [-0.4, -0.2) is 16.9 Å². The number of benzene rings is 1. The van der Waals surface area contributed by atoms with Crippen LogP contribution >= 0.6 is 15.9 Å². The molecule has 1 aromatic heterocycles. The Hall–Kier alpha value is -1.80. The minimum atomic E-state index is 0.513. The van der Waals surface area contributed by atoms with Crippen LogP contribution < -0.4 is 4.74 Å². The summed E-state index contributed by atoms with van der Waals surface area (Å²) in [5.74, 6) is 0.568. The van der Waals surface area contributed by atoms with Crippen molar-refractivity contribution in [3.63, 3.8) is 0 Å². The first-order valence-corrected chi connectivity index (χ1v) is 5.73. The predicted molar refractivity (Wildman–Crippen MR) is 67.6 cm³/mol. The van der Waals surface area contributed by atoms with Crippen LogP contribution in [0.2, 0.25) is 0 Å². The lowest BCUT2D eigenvalue weighted by atomic mass is 10.0. The molecule has 0 aliphatic carbocycles. The Bertz CT molecular complexity index is 579. The number of methoxy groups -OCH3 is 1. The van der Waals surface area contributed by atoms with Gasteiger partial charge in [0.15, 0.2) is 0 Å². The van der Waals surface area contributed by atoms with Crippen molar-refractivity contribution in [2.24, 2.45) is 7.05 Å². The molecule has 0 saturated carbocycles. The van der Waals surface area contributed by atoms with E-state index in [4.69, 9.17) is 4.74 Å². The average molecular weight is 292 g/mol. The zero-order chi connectivity index (χ0) is 12.4. The molecule has 2 rings (SSSR count). The van der Waals surface area contributed by atoms with Gasteiger partial charge in [0.2, 0.25) is 0 Å². The lowest BCUT2D eigenvalue weighted by Gasteiger charge is -2.09. The van der Waals surface area contributed by atoms with Crippen molar-refractivity contribution in [1.82, 2.24) is 9.78 Å². The van der Waals surface area contributed by atoms with Gasteiger partial charge in [-0.2, -0.15) is 10.4 Å². The zero-order valence-electron chi connectivity index (χ0n) is 9.44. The lowest BCUT2D eigenvalue weighted by Crippen LogP contribution is -1.97. The SMILES string of the molecule is COc1cccc(-c2c(Br)cnn2C)c1C#N. The molecule has 0 atom stereocenters. The quantitative estimate of drug-likeness (QED) is 0.855. The summed E-state index contributed by atoms with van der Waals surface area (Å²) in [5, 5.41) is 13.4. The van der Waals surface area contributed by atoms with Gasteiger partial charge in [-0.05, 0) is 22.0 Å². The van der Waals surface area contributed by atoms with Gasteiger partial charge in [-0.1, -0.05) is 12.1 Å². The number of aryl methyl sites for hydroxylation is 1. The van der Waals surface area contributed by atoms with Crippen LogP contribution in [0.1, 0.15) is 5.56 Å². The molecule has 0 unspecified atom stereocenters. The van der Waals surface area contributed by atoms with Gasteiger partial charge in [0, 0.05) is 12.6 Å². The standard InChI is InChI=1S/C12H10BrN3O/c1-16-12(10(13)7-15-16)8-4-3-5-11(17-2)9(8)6-14/h3-5,7H,1-2H3. The number of ether oxygens (including phenoxy) is 1. The summed E-state index contributed by atoms with van der Waals surface area (Å²) in [5.41, 5.74) is 2.18. The van der Waals surface area contributed by atoms with E-state index in [1.807, 2.05) is 19.2 Å². The molecule has 1 heterocycles. The zero-order valence-corrected chi connectivity index (χ0v) is 11.0. The molecule has 0 amide bonds. The van der Waals surface area contributed by atoms with Gasteiger partial charge in [0.1, 0.15) is 17.4 Å². The molecule has 17 heavy (non-hydrogen) atoms. The summed E-state index contributed by atoms with van der Waals surface area (Å²) in [4.78, 5) is 0. The summed E-state index contributed by atoms with van der Waals surface area (Å²) in [6.07, 6.45) is 1.70. The Labute approximate surface area is 108 Å². The first-order valence-electron chi connectivity index (χ1n) is 4.94. The normalized spacial score (nSPS) is 10.0. The largest absolute Gasteiger partial charge is 0.495 e. The predicted octanol–water partition coefficient (Wildman–Crippen LogP) is 2.73. The Morgan fingerprint density at radius 3 is 2.76 bits per heavy atom. The van der Waals surface area contributed by atoms with Crippen LogP contribution in [0.3, 0.4) is 0 Å². The van der Waals surface area contributed by atoms with E-state index < -0.39 is 0 Å². The third kappa shape index (κ3) is 1.92. The molecule has 0 N–H and O–H groups in total. The molecule has 0 radical (unpaired) electrons. The molecule has 1 aromatic carbocycles. The van der Waals surface area contributed by atoms with Crippen molar-refractivity contribution in [2.75, 3.05) is 7.11 Å². The molecule has 4 nitrogen and oxygen atoms in total. The van der Waals surface area contributed by atoms with Gasteiger partial charge in [0.05, 0.1) is 23.5 Å². The van der Waals surface area contributed by atoms with Crippen molar-refractivity contribution < 1.29 is 4.74 Å². The van der Waals surface area contributed by atoms with E-state index in [-0.39, 0.29) is 0 Å². The molecule has 0 bridgehead atoms. The highest BCUT2D eigenvalue weighted by atomic mass is 79.9. The first-order chi connectivity index (χ1) is 8.19. The minimum absolute atomic E-state index is 0.513. The van der Waals surface area contributed by atoms with E-state index in [9.17, 15) is 5.26 Å². The van der Waals surface area contributed by atoms with Crippen molar-refractivity contribution >= 4 is 15.9 Å². The fourth-order valence-corrected chi connectivity index (χ4v) is 2.29. The number of nitrogens with zero attached hydrogens (tertiary/aromatic N) is 3. The summed E-state index contributed by atoms with van der Waals surface area (Å²) >= 11 is 3.43. The average Bonchev–Trinajstić information content (AvgIpc) is 2.68. The Kier molecular flexibility index (Phi) is 3.16. The number of nitriles is 1. The first kappa shape index (κ1) is 11.7. The topological polar surface area (TPSA) is 50.8 Å². The van der Waals surface area contributed by atoms with Crippen molar-refractivity contribution in [3.8, 4) is 23.1 Å². The molecule has 86 valence electrons. The fourth-order valence-electron chi connectivity index (χ4n) is 1.73. The molecular weight excluding hydrogens is 282 g/mol. The van der Waals surface area contributed by atoms with E-state index in [0.29, 0.717) is 11.3 Å². The maximum absolute atomic E-state index is 9.24. The monoisotopic (exact) mass is 291 g/mol. The van der Waals surface area contributed by atoms with Crippen molar-refractivity contribution in [3.05, 3.63) is 34.4 Å². The minimum Gasteiger partial charge on any atom is -0.495 e. The van der Waals surface area contributed by atoms with E-state index in [1.54, 1.807) is 24.1 Å². The summed E-state index contributed by atoms with van der Waals surface area (Å²) in [6, 6.07) is 7.67. The maximum Gasteiger partial charge on any atom is 0.137 e. The smallest absolute Gasteiger partial charge is 0.137 e. The number of halogens is 1. The van der Waals surface area contributed by atoms with E-state index in [0.717, 1.165) is 15.7 Å². The number of aromatic nitrogens is 2. The van der Waals surface area contributed by atoms with Crippen LogP contribution in [0, 0.1) is 11.3 Å².